The molecule has 0 heterocycles. The molecule has 2 rings (SSSR count). The first-order chi connectivity index (χ1) is 13.0. The largest absolute Gasteiger partial charge is 0.497 e. The van der Waals surface area contributed by atoms with Gasteiger partial charge in [0.05, 0.1) is 20.2 Å². The van der Waals surface area contributed by atoms with Gasteiger partial charge in [-0.25, -0.2) is 0 Å². The number of nitrogens with zero attached hydrogens (tertiary/aromatic N) is 1. The second kappa shape index (κ2) is 10.3. The van der Waals surface area contributed by atoms with Gasteiger partial charge in [-0.2, -0.15) is 0 Å². The minimum absolute atomic E-state index is 0.132. The molecule has 0 aliphatic heterocycles. The highest BCUT2D eigenvalue weighted by atomic mass is 16.5. The lowest BCUT2D eigenvalue weighted by Gasteiger charge is -2.20. The summed E-state index contributed by atoms with van der Waals surface area (Å²) in [4.78, 5) is 26.5. The monoisotopic (exact) mass is 369 g/mol. The van der Waals surface area contributed by atoms with Crippen LogP contribution in [0.1, 0.15) is 19.4 Å². The molecule has 144 valence electrons. The molecule has 0 saturated carbocycles. The van der Waals surface area contributed by atoms with Gasteiger partial charge in [0.1, 0.15) is 5.75 Å². The number of benzene rings is 2. The second-order valence-electron chi connectivity index (χ2n) is 6.14. The smallest absolute Gasteiger partial charge is 0.238 e. The van der Waals surface area contributed by atoms with Gasteiger partial charge in [0, 0.05) is 17.4 Å². The molecule has 0 saturated heterocycles. The molecule has 2 amide bonds. The van der Waals surface area contributed by atoms with Crippen LogP contribution in [0.25, 0.3) is 0 Å². The first-order valence-corrected chi connectivity index (χ1v) is 9.09. The molecule has 2 aromatic rings. The molecule has 0 radical (unpaired) electrons. The minimum atomic E-state index is -0.174. The van der Waals surface area contributed by atoms with Gasteiger partial charge >= 0.3 is 0 Å². The molecule has 0 unspecified atom stereocenters. The van der Waals surface area contributed by atoms with Crippen molar-refractivity contribution in [2.24, 2.45) is 0 Å². The summed E-state index contributed by atoms with van der Waals surface area (Å²) in [7, 11) is 1.58. The van der Waals surface area contributed by atoms with Gasteiger partial charge in [-0.15, -0.1) is 0 Å². The van der Waals surface area contributed by atoms with Crippen LogP contribution in [0.2, 0.25) is 0 Å². The van der Waals surface area contributed by atoms with E-state index in [0.717, 1.165) is 17.7 Å². The van der Waals surface area contributed by atoms with Gasteiger partial charge < -0.3 is 15.4 Å². The Bertz CT molecular complexity index is 777. The molecular weight excluding hydrogens is 342 g/mol. The summed E-state index contributed by atoms with van der Waals surface area (Å²) in [5.41, 5.74) is 2.57. The Labute approximate surface area is 160 Å². The van der Waals surface area contributed by atoms with Crippen LogP contribution in [0.5, 0.6) is 5.75 Å². The highest BCUT2D eigenvalue weighted by Crippen LogP contribution is 2.17. The summed E-state index contributed by atoms with van der Waals surface area (Å²) in [5.74, 6) is 0.368. The zero-order valence-corrected chi connectivity index (χ0v) is 16.1. The predicted octanol–water partition coefficient (Wildman–Crippen LogP) is 3.16. The van der Waals surface area contributed by atoms with E-state index in [9.17, 15) is 9.59 Å². The van der Waals surface area contributed by atoms with E-state index >= 15 is 0 Å². The van der Waals surface area contributed by atoms with Crippen LogP contribution in [-0.2, 0) is 16.0 Å². The minimum Gasteiger partial charge on any atom is -0.497 e. The first-order valence-electron chi connectivity index (χ1n) is 9.09. The van der Waals surface area contributed by atoms with E-state index in [1.54, 1.807) is 24.1 Å². The van der Waals surface area contributed by atoms with Crippen molar-refractivity contribution in [1.82, 2.24) is 4.90 Å². The van der Waals surface area contributed by atoms with Crippen LogP contribution in [0.4, 0.5) is 11.4 Å². The van der Waals surface area contributed by atoms with Gasteiger partial charge in [0.15, 0.2) is 0 Å². The van der Waals surface area contributed by atoms with Crippen molar-refractivity contribution in [2.75, 3.05) is 37.4 Å². The van der Waals surface area contributed by atoms with Gasteiger partial charge in [-0.1, -0.05) is 38.1 Å². The third-order valence-electron chi connectivity index (χ3n) is 4.21. The molecule has 0 bridgehead atoms. The van der Waals surface area contributed by atoms with E-state index in [0.29, 0.717) is 18.0 Å². The maximum Gasteiger partial charge on any atom is 0.238 e. The summed E-state index contributed by atoms with van der Waals surface area (Å²) < 4.78 is 5.15. The fraction of sp³-hybridized carbons (Fsp3) is 0.333. The molecule has 0 fully saturated rings. The Morgan fingerprint density at radius 2 is 1.67 bits per heavy atom. The van der Waals surface area contributed by atoms with Crippen LogP contribution in [0.3, 0.4) is 0 Å². The maximum absolute atomic E-state index is 12.4. The SMILES string of the molecule is CCc1ccccc1NC(=O)CN(CC)CC(=O)Nc1cccc(OC)c1. The summed E-state index contributed by atoms with van der Waals surface area (Å²) in [6.45, 7) is 4.85. The summed E-state index contributed by atoms with van der Waals surface area (Å²) in [6, 6.07) is 14.9. The lowest BCUT2D eigenvalue weighted by Crippen LogP contribution is -2.38. The average molecular weight is 369 g/mol. The molecule has 0 aromatic heterocycles. The number of carbonyl (C=O) groups excluding carboxylic acids is 2. The second-order valence-corrected chi connectivity index (χ2v) is 6.14. The number of anilines is 2. The first kappa shape index (κ1) is 20.5. The molecule has 6 nitrogen and oxygen atoms in total. The number of hydrogen-bond donors (Lipinski definition) is 2. The Morgan fingerprint density at radius 3 is 2.33 bits per heavy atom. The summed E-state index contributed by atoms with van der Waals surface area (Å²) in [6.07, 6.45) is 0.844. The fourth-order valence-electron chi connectivity index (χ4n) is 2.73. The Morgan fingerprint density at radius 1 is 0.963 bits per heavy atom. The topological polar surface area (TPSA) is 70.7 Å². The van der Waals surface area contributed by atoms with Gasteiger partial charge in [0.2, 0.25) is 11.8 Å². The van der Waals surface area contributed by atoms with E-state index in [-0.39, 0.29) is 24.9 Å². The predicted molar refractivity (Wildman–Crippen MR) is 108 cm³/mol. The number of aryl methyl sites for hydroxylation is 1. The van der Waals surface area contributed by atoms with Crippen molar-refractivity contribution in [3.8, 4) is 5.75 Å². The van der Waals surface area contributed by atoms with Gasteiger partial charge in [-0.3, -0.25) is 14.5 Å². The van der Waals surface area contributed by atoms with Crippen LogP contribution in [-0.4, -0.2) is 43.5 Å². The fourth-order valence-corrected chi connectivity index (χ4v) is 2.73. The third kappa shape index (κ3) is 6.42. The number of carbonyl (C=O) groups is 2. The van der Waals surface area contributed by atoms with Crippen LogP contribution in [0, 0.1) is 0 Å². The molecule has 0 atom stereocenters. The molecule has 27 heavy (non-hydrogen) atoms. The van der Waals surface area contributed by atoms with Crippen molar-refractivity contribution < 1.29 is 14.3 Å². The third-order valence-corrected chi connectivity index (χ3v) is 4.21. The lowest BCUT2D eigenvalue weighted by atomic mass is 10.1. The van der Waals surface area contributed by atoms with Crippen LogP contribution >= 0.6 is 0 Å². The van der Waals surface area contributed by atoms with E-state index in [4.69, 9.17) is 4.74 Å². The van der Waals surface area contributed by atoms with Gasteiger partial charge in [0.25, 0.3) is 0 Å². The van der Waals surface area contributed by atoms with Crippen molar-refractivity contribution in [2.45, 2.75) is 20.3 Å². The maximum atomic E-state index is 12.4. The lowest BCUT2D eigenvalue weighted by molar-refractivity contribution is -0.119. The van der Waals surface area contributed by atoms with E-state index in [1.807, 2.05) is 50.2 Å². The highest BCUT2D eigenvalue weighted by molar-refractivity contribution is 5.95. The Kier molecular flexibility index (Phi) is 7.82. The van der Waals surface area contributed by atoms with E-state index in [2.05, 4.69) is 10.6 Å². The molecule has 0 aliphatic carbocycles. The van der Waals surface area contributed by atoms with E-state index < -0.39 is 0 Å². The zero-order valence-electron chi connectivity index (χ0n) is 16.1. The summed E-state index contributed by atoms with van der Waals surface area (Å²) in [5, 5.41) is 5.77. The average Bonchev–Trinajstić information content (AvgIpc) is 2.67. The molecule has 0 spiro atoms. The molecule has 2 N–H and O–H groups in total. The van der Waals surface area contributed by atoms with Crippen molar-refractivity contribution >= 4 is 23.2 Å². The molecular formula is C21H27N3O3. The number of para-hydroxylation sites is 1. The number of ether oxygens (including phenoxy) is 1. The number of likely N-dealkylation sites (N-methyl/N-ethyl adjacent to an activating group) is 1. The number of nitrogens with one attached hydrogen (secondary N) is 2. The number of hydrogen-bond acceptors (Lipinski definition) is 4. The van der Waals surface area contributed by atoms with Gasteiger partial charge in [-0.05, 0) is 36.7 Å². The number of amides is 2. The van der Waals surface area contributed by atoms with E-state index in [1.165, 1.54) is 0 Å². The summed E-state index contributed by atoms with van der Waals surface area (Å²) >= 11 is 0. The van der Waals surface area contributed by atoms with Crippen molar-refractivity contribution in [3.63, 3.8) is 0 Å². The molecule has 6 heteroatoms. The van der Waals surface area contributed by atoms with Crippen LogP contribution in [0.15, 0.2) is 48.5 Å². The van der Waals surface area contributed by atoms with Crippen molar-refractivity contribution in [3.05, 3.63) is 54.1 Å². The van der Waals surface area contributed by atoms with Crippen LogP contribution < -0.4 is 15.4 Å². The van der Waals surface area contributed by atoms with Crippen molar-refractivity contribution in [1.29, 1.82) is 0 Å². The number of rotatable bonds is 9. The Hall–Kier alpha value is -2.86. The normalized spacial score (nSPS) is 10.5. The molecule has 0 aliphatic rings. The molecule has 2 aromatic carbocycles. The Balaban J connectivity index is 1.90. The highest BCUT2D eigenvalue weighted by Gasteiger charge is 2.14. The standard InChI is InChI=1S/C21H27N3O3/c1-4-16-9-6-7-12-19(16)23-21(26)15-24(5-2)14-20(25)22-17-10-8-11-18(13-17)27-3/h6-13H,4-5,14-15H2,1-3H3,(H,22,25)(H,23,26). The quantitative estimate of drug-likeness (QED) is 0.712. The zero-order chi connectivity index (χ0) is 19.6. The number of methoxy groups -OCH3 is 1.